The number of nitrogens with one attached hydrogen (secondary N) is 1. The van der Waals surface area contributed by atoms with Gasteiger partial charge in [0.25, 0.3) is 5.56 Å². The third kappa shape index (κ3) is 3.24. The normalized spacial score (nSPS) is 13.8. The van der Waals surface area contributed by atoms with Crippen LogP contribution in [0.5, 0.6) is 0 Å². The maximum Gasteiger partial charge on any atom is 0.272 e. The molecule has 0 unspecified atom stereocenters. The molecule has 0 radical (unpaired) electrons. The van der Waals surface area contributed by atoms with Crippen molar-refractivity contribution in [2.45, 2.75) is 32.4 Å². The molecule has 1 N–H and O–H groups in total. The molecule has 3 heterocycles. The van der Waals surface area contributed by atoms with Crippen LogP contribution in [0.2, 0.25) is 0 Å². The van der Waals surface area contributed by atoms with Gasteiger partial charge in [0.1, 0.15) is 4.70 Å². The van der Waals surface area contributed by atoms with Crippen molar-refractivity contribution < 1.29 is 4.79 Å². The molecule has 134 valence electrons. The standard InChI is InChI=1S/C19H19N3O2S2/c23-16(21-10-7-13-4-1-2-5-14(13)12-21)6-3-9-22-18(24)17-15(8-11-26-17)20-19(22)25/h1-2,4-5,8,11H,3,6-7,9-10,12H2,(H,20,25). The molecule has 1 amide bonds. The Kier molecular flexibility index (Phi) is 4.74. The van der Waals surface area contributed by atoms with E-state index in [-0.39, 0.29) is 11.5 Å². The van der Waals surface area contributed by atoms with Crippen LogP contribution in [0.3, 0.4) is 0 Å². The fourth-order valence-corrected chi connectivity index (χ4v) is 4.51. The van der Waals surface area contributed by atoms with Gasteiger partial charge in [-0.3, -0.25) is 14.2 Å². The minimum atomic E-state index is -0.0712. The summed E-state index contributed by atoms with van der Waals surface area (Å²) in [6.45, 7) is 1.89. The summed E-state index contributed by atoms with van der Waals surface area (Å²) in [7, 11) is 0. The third-order valence-corrected chi connectivity index (χ3v) is 6.07. The van der Waals surface area contributed by atoms with E-state index >= 15 is 0 Å². The van der Waals surface area contributed by atoms with E-state index in [0.29, 0.717) is 35.4 Å². The topological polar surface area (TPSA) is 58.1 Å². The van der Waals surface area contributed by atoms with Crippen LogP contribution >= 0.6 is 23.6 Å². The van der Waals surface area contributed by atoms with E-state index in [0.717, 1.165) is 18.5 Å². The van der Waals surface area contributed by atoms with Crippen molar-refractivity contribution in [3.63, 3.8) is 0 Å². The molecular weight excluding hydrogens is 366 g/mol. The largest absolute Gasteiger partial charge is 0.338 e. The number of carbonyl (C=O) groups excluding carboxylic acids is 1. The van der Waals surface area contributed by atoms with E-state index in [1.807, 2.05) is 28.5 Å². The molecule has 3 aromatic rings. The summed E-state index contributed by atoms with van der Waals surface area (Å²) in [6, 6.07) is 10.1. The Morgan fingerprint density at radius 2 is 2.04 bits per heavy atom. The highest BCUT2D eigenvalue weighted by Crippen LogP contribution is 2.19. The van der Waals surface area contributed by atoms with E-state index < -0.39 is 0 Å². The second-order valence-corrected chi connectivity index (χ2v) is 7.79. The van der Waals surface area contributed by atoms with Gasteiger partial charge in [-0.2, -0.15) is 0 Å². The van der Waals surface area contributed by atoms with Gasteiger partial charge in [0, 0.05) is 26.1 Å². The average molecular weight is 386 g/mol. The maximum atomic E-state index is 12.5. The maximum absolute atomic E-state index is 12.5. The monoisotopic (exact) mass is 385 g/mol. The first-order valence-electron chi connectivity index (χ1n) is 8.68. The summed E-state index contributed by atoms with van der Waals surface area (Å²) < 4.78 is 2.66. The fourth-order valence-electron chi connectivity index (χ4n) is 3.43. The smallest absolute Gasteiger partial charge is 0.272 e. The molecule has 0 saturated heterocycles. The van der Waals surface area contributed by atoms with E-state index in [9.17, 15) is 9.59 Å². The lowest BCUT2D eigenvalue weighted by atomic mass is 9.99. The second kappa shape index (κ2) is 7.17. The SMILES string of the molecule is O=C(CCCn1c(=S)[nH]c2ccsc2c1=O)N1CCc2ccccc2C1. The van der Waals surface area contributed by atoms with Gasteiger partial charge < -0.3 is 9.88 Å². The second-order valence-electron chi connectivity index (χ2n) is 6.49. The lowest BCUT2D eigenvalue weighted by Gasteiger charge is -2.29. The summed E-state index contributed by atoms with van der Waals surface area (Å²) in [5, 5.41) is 1.87. The van der Waals surface area contributed by atoms with Crippen molar-refractivity contribution in [3.8, 4) is 0 Å². The zero-order valence-corrected chi connectivity index (χ0v) is 15.9. The number of rotatable bonds is 4. The first-order chi connectivity index (χ1) is 12.6. The van der Waals surface area contributed by atoms with Crippen molar-refractivity contribution >= 4 is 39.7 Å². The molecule has 7 heteroatoms. The van der Waals surface area contributed by atoms with Gasteiger partial charge in [0.05, 0.1) is 5.52 Å². The van der Waals surface area contributed by atoms with Crippen molar-refractivity contribution in [1.29, 1.82) is 0 Å². The molecule has 1 aromatic carbocycles. The Labute approximate surface area is 159 Å². The van der Waals surface area contributed by atoms with Gasteiger partial charge in [-0.15, -0.1) is 11.3 Å². The Morgan fingerprint density at radius 3 is 2.88 bits per heavy atom. The van der Waals surface area contributed by atoms with E-state index in [2.05, 4.69) is 17.1 Å². The predicted molar refractivity (Wildman–Crippen MR) is 106 cm³/mol. The van der Waals surface area contributed by atoms with Crippen molar-refractivity contribution in [2.75, 3.05) is 6.54 Å². The summed E-state index contributed by atoms with van der Waals surface area (Å²) in [5.41, 5.74) is 3.27. The number of benzene rings is 1. The molecule has 0 saturated carbocycles. The van der Waals surface area contributed by atoms with E-state index in [1.165, 1.54) is 22.5 Å². The Balaban J connectivity index is 1.40. The molecule has 1 aliphatic rings. The van der Waals surface area contributed by atoms with Crippen LogP contribution in [0, 0.1) is 4.77 Å². The molecule has 1 aliphatic heterocycles. The number of aromatic nitrogens is 2. The van der Waals surface area contributed by atoms with Gasteiger partial charge in [-0.1, -0.05) is 24.3 Å². The van der Waals surface area contributed by atoms with Crippen molar-refractivity contribution in [2.24, 2.45) is 0 Å². The molecule has 4 rings (SSSR count). The number of aromatic amines is 1. The zero-order valence-electron chi connectivity index (χ0n) is 14.2. The van der Waals surface area contributed by atoms with Crippen molar-refractivity contribution in [1.82, 2.24) is 14.5 Å². The number of thiophene rings is 1. The molecular formula is C19H19N3O2S2. The fraction of sp³-hybridized carbons (Fsp3) is 0.316. The first-order valence-corrected chi connectivity index (χ1v) is 9.97. The van der Waals surface area contributed by atoms with Crippen LogP contribution < -0.4 is 5.56 Å². The third-order valence-electron chi connectivity index (χ3n) is 4.85. The highest BCUT2D eigenvalue weighted by molar-refractivity contribution is 7.71. The van der Waals surface area contributed by atoms with Crippen molar-refractivity contribution in [3.05, 3.63) is 62.0 Å². The van der Waals surface area contributed by atoms with Crippen LogP contribution in [-0.2, 0) is 24.3 Å². The van der Waals surface area contributed by atoms with E-state index in [4.69, 9.17) is 12.2 Å². The molecule has 0 bridgehead atoms. The Morgan fingerprint density at radius 1 is 1.23 bits per heavy atom. The molecule has 0 fully saturated rings. The quantitative estimate of drug-likeness (QED) is 0.700. The highest BCUT2D eigenvalue weighted by Gasteiger charge is 2.20. The van der Waals surface area contributed by atoms with Gasteiger partial charge in [-0.05, 0) is 47.6 Å². The number of hydrogen-bond acceptors (Lipinski definition) is 4. The number of amides is 1. The number of fused-ring (bicyclic) bond motifs is 2. The summed E-state index contributed by atoms with van der Waals surface area (Å²) in [4.78, 5) is 30.1. The number of hydrogen-bond donors (Lipinski definition) is 1. The van der Waals surface area contributed by atoms with Gasteiger partial charge in [-0.25, -0.2) is 0 Å². The van der Waals surface area contributed by atoms with Crippen LogP contribution in [0.1, 0.15) is 24.0 Å². The molecule has 26 heavy (non-hydrogen) atoms. The minimum absolute atomic E-state index is 0.0712. The minimum Gasteiger partial charge on any atom is -0.338 e. The van der Waals surface area contributed by atoms with Gasteiger partial charge in [0.2, 0.25) is 5.91 Å². The van der Waals surface area contributed by atoms with Gasteiger partial charge in [0.15, 0.2) is 4.77 Å². The Bertz CT molecular complexity index is 1080. The number of carbonyl (C=O) groups is 1. The molecule has 0 atom stereocenters. The summed E-state index contributed by atoms with van der Waals surface area (Å²) >= 11 is 6.70. The van der Waals surface area contributed by atoms with Crippen LogP contribution in [-0.4, -0.2) is 26.9 Å². The lowest BCUT2D eigenvalue weighted by molar-refractivity contribution is -0.132. The number of H-pyrrole nitrogens is 1. The summed E-state index contributed by atoms with van der Waals surface area (Å²) in [5.74, 6) is 0.139. The van der Waals surface area contributed by atoms with E-state index in [1.54, 1.807) is 4.57 Å². The van der Waals surface area contributed by atoms with Crippen LogP contribution in [0.25, 0.3) is 10.2 Å². The van der Waals surface area contributed by atoms with Crippen LogP contribution in [0.4, 0.5) is 0 Å². The number of nitrogens with zero attached hydrogens (tertiary/aromatic N) is 2. The molecule has 0 aliphatic carbocycles. The molecule has 2 aromatic heterocycles. The lowest BCUT2D eigenvalue weighted by Crippen LogP contribution is -2.36. The Hall–Kier alpha value is -2.25. The molecule has 0 spiro atoms. The summed E-state index contributed by atoms with van der Waals surface area (Å²) in [6.07, 6.45) is 1.93. The first kappa shape index (κ1) is 17.2. The zero-order chi connectivity index (χ0) is 18.1. The highest BCUT2D eigenvalue weighted by atomic mass is 32.1. The van der Waals surface area contributed by atoms with Gasteiger partial charge >= 0.3 is 0 Å². The molecule has 5 nitrogen and oxygen atoms in total. The predicted octanol–water partition coefficient (Wildman–Crippen LogP) is 3.49. The average Bonchev–Trinajstić information content (AvgIpc) is 3.12. The van der Waals surface area contributed by atoms with Crippen LogP contribution in [0.15, 0.2) is 40.5 Å².